The van der Waals surface area contributed by atoms with Crippen molar-refractivity contribution in [1.29, 1.82) is 0 Å². The summed E-state index contributed by atoms with van der Waals surface area (Å²) in [6.07, 6.45) is 0. The Morgan fingerprint density at radius 2 is 1.80 bits per heavy atom. The maximum atomic E-state index is 9.53. The maximum Gasteiger partial charge on any atom is 0.112 e. The third-order valence-corrected chi connectivity index (χ3v) is 1.83. The third kappa shape index (κ3) is 1.94. The summed E-state index contributed by atoms with van der Waals surface area (Å²) in [7, 11) is 0. The van der Waals surface area contributed by atoms with E-state index in [9.17, 15) is 5.11 Å². The van der Waals surface area contributed by atoms with Crippen LogP contribution in [0.1, 0.15) is 13.8 Å². The van der Waals surface area contributed by atoms with Crippen molar-refractivity contribution in [2.45, 2.75) is 19.6 Å². The minimum Gasteiger partial charge on any atom is -0.376 e. The number of piperazine rings is 1. The predicted octanol–water partition coefficient (Wildman–Crippen LogP) is -0.365. The summed E-state index contributed by atoms with van der Waals surface area (Å²) in [4.78, 5) is 2.04. The molecular formula is C7H15N2O. The standard InChI is InChI=1S/C7H15N2O/c1-7(2,10)9-5-3-8-4-6-9/h10H,3-6H2,1-2H3. The quantitative estimate of drug-likeness (QED) is 0.544. The highest BCUT2D eigenvalue weighted by Gasteiger charge is 2.24. The van der Waals surface area contributed by atoms with Crippen molar-refractivity contribution in [2.24, 2.45) is 0 Å². The Hall–Kier alpha value is -0.120. The van der Waals surface area contributed by atoms with E-state index in [1.54, 1.807) is 0 Å². The number of hydrogen-bond acceptors (Lipinski definition) is 2. The van der Waals surface area contributed by atoms with Gasteiger partial charge in [-0.3, -0.25) is 4.90 Å². The fourth-order valence-electron chi connectivity index (χ4n) is 1.15. The molecule has 0 unspecified atom stereocenters. The molecule has 0 aliphatic carbocycles. The van der Waals surface area contributed by atoms with Crippen molar-refractivity contribution < 1.29 is 5.11 Å². The van der Waals surface area contributed by atoms with Crippen LogP contribution in [-0.2, 0) is 0 Å². The number of rotatable bonds is 1. The lowest BCUT2D eigenvalue weighted by molar-refractivity contribution is -0.0832. The SMILES string of the molecule is CC(C)(O)N1CC[N]CC1. The van der Waals surface area contributed by atoms with E-state index < -0.39 is 5.72 Å². The summed E-state index contributed by atoms with van der Waals surface area (Å²) in [6.45, 7) is 7.15. The van der Waals surface area contributed by atoms with Crippen LogP contribution in [0.2, 0.25) is 0 Å². The Morgan fingerprint density at radius 3 is 2.10 bits per heavy atom. The summed E-state index contributed by atoms with van der Waals surface area (Å²) < 4.78 is 0. The Kier molecular flexibility index (Phi) is 2.28. The molecule has 0 spiro atoms. The lowest BCUT2D eigenvalue weighted by atomic mass is 10.2. The van der Waals surface area contributed by atoms with Gasteiger partial charge < -0.3 is 5.11 Å². The van der Waals surface area contributed by atoms with Crippen molar-refractivity contribution >= 4 is 0 Å². The van der Waals surface area contributed by atoms with Gasteiger partial charge in [-0.15, -0.1) is 0 Å². The second-order valence-corrected chi connectivity index (χ2v) is 3.15. The van der Waals surface area contributed by atoms with Gasteiger partial charge in [0.15, 0.2) is 0 Å². The van der Waals surface area contributed by atoms with Crippen molar-refractivity contribution in [1.82, 2.24) is 10.2 Å². The van der Waals surface area contributed by atoms with Gasteiger partial charge in [0, 0.05) is 26.2 Å². The molecule has 0 saturated carbocycles. The van der Waals surface area contributed by atoms with Gasteiger partial charge in [0.2, 0.25) is 0 Å². The Balaban J connectivity index is 2.39. The molecule has 0 bridgehead atoms. The van der Waals surface area contributed by atoms with Crippen LogP contribution in [0.15, 0.2) is 0 Å². The summed E-state index contributed by atoms with van der Waals surface area (Å²) in [5.74, 6) is 0. The zero-order valence-electron chi connectivity index (χ0n) is 6.67. The molecule has 0 aromatic carbocycles. The molecule has 1 aliphatic rings. The van der Waals surface area contributed by atoms with Gasteiger partial charge in [-0.05, 0) is 13.8 Å². The molecule has 1 saturated heterocycles. The van der Waals surface area contributed by atoms with Crippen molar-refractivity contribution in [3.8, 4) is 0 Å². The summed E-state index contributed by atoms with van der Waals surface area (Å²) in [5.41, 5.74) is -0.657. The first-order valence-corrected chi connectivity index (χ1v) is 3.71. The van der Waals surface area contributed by atoms with Crippen LogP contribution in [-0.4, -0.2) is 41.9 Å². The van der Waals surface area contributed by atoms with Crippen LogP contribution >= 0.6 is 0 Å². The molecule has 1 fully saturated rings. The van der Waals surface area contributed by atoms with E-state index in [4.69, 9.17) is 0 Å². The first-order valence-electron chi connectivity index (χ1n) is 3.71. The first kappa shape index (κ1) is 7.98. The first-order chi connectivity index (χ1) is 4.61. The van der Waals surface area contributed by atoms with Gasteiger partial charge in [-0.1, -0.05) is 0 Å². The maximum absolute atomic E-state index is 9.53. The fraction of sp³-hybridized carbons (Fsp3) is 1.00. The molecule has 0 aromatic rings. The normalized spacial score (nSPS) is 23.1. The molecule has 0 amide bonds. The van der Waals surface area contributed by atoms with Crippen LogP contribution in [0, 0.1) is 0 Å². The largest absolute Gasteiger partial charge is 0.376 e. The molecule has 3 heteroatoms. The molecule has 1 rings (SSSR count). The molecule has 0 atom stereocenters. The van der Waals surface area contributed by atoms with Crippen LogP contribution in [0.25, 0.3) is 0 Å². The highest BCUT2D eigenvalue weighted by Crippen LogP contribution is 2.09. The molecular weight excluding hydrogens is 128 g/mol. The molecule has 0 aromatic heterocycles. The molecule has 3 nitrogen and oxygen atoms in total. The van der Waals surface area contributed by atoms with Crippen LogP contribution in [0.4, 0.5) is 0 Å². The fourth-order valence-corrected chi connectivity index (χ4v) is 1.15. The minimum atomic E-state index is -0.657. The number of nitrogens with zero attached hydrogens (tertiary/aromatic N) is 2. The lowest BCUT2D eigenvalue weighted by Gasteiger charge is -2.36. The highest BCUT2D eigenvalue weighted by atomic mass is 16.3. The average Bonchev–Trinajstić information content (AvgIpc) is 1.88. The van der Waals surface area contributed by atoms with E-state index in [1.165, 1.54) is 0 Å². The minimum absolute atomic E-state index is 0.657. The van der Waals surface area contributed by atoms with Crippen molar-refractivity contribution in [2.75, 3.05) is 26.2 Å². The summed E-state index contributed by atoms with van der Waals surface area (Å²) >= 11 is 0. The monoisotopic (exact) mass is 143 g/mol. The summed E-state index contributed by atoms with van der Waals surface area (Å²) in [5, 5.41) is 13.7. The van der Waals surface area contributed by atoms with E-state index in [1.807, 2.05) is 18.7 Å². The summed E-state index contributed by atoms with van der Waals surface area (Å²) in [6, 6.07) is 0. The van der Waals surface area contributed by atoms with Gasteiger partial charge in [-0.2, -0.15) is 0 Å². The third-order valence-electron chi connectivity index (χ3n) is 1.83. The van der Waals surface area contributed by atoms with Crippen LogP contribution in [0.5, 0.6) is 0 Å². The molecule has 1 N–H and O–H groups in total. The van der Waals surface area contributed by atoms with Crippen LogP contribution < -0.4 is 5.32 Å². The Bertz CT molecular complexity index is 103. The van der Waals surface area contributed by atoms with Gasteiger partial charge in [-0.25, -0.2) is 5.32 Å². The van der Waals surface area contributed by atoms with E-state index >= 15 is 0 Å². The molecule has 1 heterocycles. The lowest BCUT2D eigenvalue weighted by Crippen LogP contribution is -2.51. The van der Waals surface area contributed by atoms with E-state index in [2.05, 4.69) is 5.32 Å². The topological polar surface area (TPSA) is 37.6 Å². The average molecular weight is 143 g/mol. The second kappa shape index (κ2) is 2.86. The molecule has 10 heavy (non-hydrogen) atoms. The van der Waals surface area contributed by atoms with Crippen molar-refractivity contribution in [3.05, 3.63) is 0 Å². The van der Waals surface area contributed by atoms with Gasteiger partial charge >= 0.3 is 0 Å². The Labute approximate surface area is 62.0 Å². The van der Waals surface area contributed by atoms with Crippen LogP contribution in [0.3, 0.4) is 0 Å². The molecule has 1 radical (unpaired) electrons. The Morgan fingerprint density at radius 1 is 1.30 bits per heavy atom. The van der Waals surface area contributed by atoms with Gasteiger partial charge in [0.25, 0.3) is 0 Å². The highest BCUT2D eigenvalue weighted by molar-refractivity contribution is 4.74. The van der Waals surface area contributed by atoms with E-state index in [0.29, 0.717) is 0 Å². The second-order valence-electron chi connectivity index (χ2n) is 3.15. The van der Waals surface area contributed by atoms with E-state index in [-0.39, 0.29) is 0 Å². The van der Waals surface area contributed by atoms with Gasteiger partial charge in [0.1, 0.15) is 5.72 Å². The van der Waals surface area contributed by atoms with Gasteiger partial charge in [0.05, 0.1) is 0 Å². The predicted molar refractivity (Wildman–Crippen MR) is 39.7 cm³/mol. The number of hydrogen-bond donors (Lipinski definition) is 1. The van der Waals surface area contributed by atoms with E-state index in [0.717, 1.165) is 26.2 Å². The molecule has 59 valence electrons. The van der Waals surface area contributed by atoms with Crippen molar-refractivity contribution in [3.63, 3.8) is 0 Å². The smallest absolute Gasteiger partial charge is 0.112 e. The molecule has 1 aliphatic heterocycles. The zero-order chi connectivity index (χ0) is 7.61. The zero-order valence-corrected chi connectivity index (χ0v) is 6.67. The number of aliphatic hydroxyl groups is 1.